The zero-order chi connectivity index (χ0) is 30.5. The van der Waals surface area contributed by atoms with Gasteiger partial charge in [0.1, 0.15) is 35.5 Å². The second-order valence-electron chi connectivity index (χ2n) is 9.21. The third-order valence-electron chi connectivity index (χ3n) is 6.43. The van der Waals surface area contributed by atoms with Crippen LogP contribution < -0.4 is 24.7 Å². The van der Waals surface area contributed by atoms with E-state index in [-0.39, 0.29) is 41.0 Å². The summed E-state index contributed by atoms with van der Waals surface area (Å²) in [5.74, 6) is -0.602. The molecule has 0 bridgehead atoms. The molecule has 2 N–H and O–H groups in total. The summed E-state index contributed by atoms with van der Waals surface area (Å²) in [6.45, 7) is -0.372. The number of carbonyl (C=O) groups excluding carboxylic acids is 1. The highest BCUT2D eigenvalue weighted by Crippen LogP contribution is 2.44. The molecule has 1 atom stereocenters. The van der Waals surface area contributed by atoms with Gasteiger partial charge in [0.25, 0.3) is 0 Å². The minimum absolute atomic E-state index is 0.0644. The maximum atomic E-state index is 12.5. The van der Waals surface area contributed by atoms with Crippen LogP contribution >= 0.6 is 23.2 Å². The van der Waals surface area contributed by atoms with Crippen molar-refractivity contribution in [3.63, 3.8) is 0 Å². The Hall–Kier alpha value is -5.24. The zero-order valence-electron chi connectivity index (χ0n) is 22.2. The van der Waals surface area contributed by atoms with Crippen molar-refractivity contribution in [2.24, 2.45) is 5.73 Å². The number of ether oxygens (including phenoxy) is 4. The Bertz CT molecular complexity index is 1800. The van der Waals surface area contributed by atoms with Crippen molar-refractivity contribution in [3.8, 4) is 29.1 Å². The molecule has 10 nitrogen and oxygen atoms in total. The number of carbonyl (C=O) groups is 1. The van der Waals surface area contributed by atoms with Crippen LogP contribution in [0.4, 0.5) is 5.69 Å². The van der Waals surface area contributed by atoms with Gasteiger partial charge in [-0.1, -0.05) is 59.6 Å². The molecule has 5 rings (SSSR count). The van der Waals surface area contributed by atoms with E-state index in [0.29, 0.717) is 26.9 Å². The lowest BCUT2D eigenvalue weighted by Gasteiger charge is -2.27. The van der Waals surface area contributed by atoms with Crippen LogP contribution in [0.2, 0.25) is 10.0 Å². The topological polar surface area (TPSA) is 147 Å². The van der Waals surface area contributed by atoms with Crippen LogP contribution in [0, 0.1) is 21.4 Å². The lowest BCUT2D eigenvalue weighted by molar-refractivity contribution is -0.385. The number of hydrogen-bond acceptors (Lipinski definition) is 9. The first-order valence-electron chi connectivity index (χ1n) is 12.7. The van der Waals surface area contributed by atoms with Gasteiger partial charge in [-0.25, -0.2) is 4.79 Å². The summed E-state index contributed by atoms with van der Waals surface area (Å²) in [6, 6.07) is 24.8. The van der Waals surface area contributed by atoms with Gasteiger partial charge in [0.05, 0.1) is 10.8 Å². The molecule has 0 aliphatic carbocycles. The number of benzene rings is 4. The molecule has 12 heteroatoms. The van der Waals surface area contributed by atoms with Crippen molar-refractivity contribution in [2.75, 3.05) is 6.61 Å². The van der Waals surface area contributed by atoms with Crippen LogP contribution in [0.25, 0.3) is 0 Å². The van der Waals surface area contributed by atoms with Gasteiger partial charge in [-0.05, 0) is 42.0 Å². The predicted molar refractivity (Wildman–Crippen MR) is 157 cm³/mol. The van der Waals surface area contributed by atoms with E-state index in [1.165, 1.54) is 30.3 Å². The number of fused-ring (bicyclic) bond motifs is 1. The van der Waals surface area contributed by atoms with Crippen molar-refractivity contribution in [3.05, 3.63) is 133 Å². The summed E-state index contributed by atoms with van der Waals surface area (Å²) in [7, 11) is 0. The fourth-order valence-electron chi connectivity index (χ4n) is 4.45. The van der Waals surface area contributed by atoms with E-state index < -0.39 is 23.4 Å². The average molecular weight is 618 g/mol. The van der Waals surface area contributed by atoms with Crippen molar-refractivity contribution >= 4 is 34.9 Å². The fraction of sp³-hybridized carbons (Fsp3) is 0.0968. The number of nitro benzene ring substituents is 1. The van der Waals surface area contributed by atoms with Crippen LogP contribution in [0.1, 0.15) is 22.6 Å². The molecule has 1 heterocycles. The fourth-order valence-corrected chi connectivity index (χ4v) is 4.92. The second-order valence-corrected chi connectivity index (χ2v) is 10.1. The molecular weight excluding hydrogens is 597 g/mol. The molecule has 0 saturated carbocycles. The number of allylic oxidation sites excluding steroid dienone is 1. The average Bonchev–Trinajstić information content (AvgIpc) is 2.99. The lowest BCUT2D eigenvalue weighted by atomic mass is 9.83. The monoisotopic (exact) mass is 617 g/mol. The van der Waals surface area contributed by atoms with E-state index in [2.05, 4.69) is 6.07 Å². The molecule has 4 aromatic carbocycles. The Morgan fingerprint density at radius 1 is 1.00 bits per heavy atom. The van der Waals surface area contributed by atoms with Gasteiger partial charge in [-0.15, -0.1) is 0 Å². The summed E-state index contributed by atoms with van der Waals surface area (Å²) in [6.07, 6.45) is 0. The first kappa shape index (κ1) is 29.3. The van der Waals surface area contributed by atoms with E-state index in [0.717, 1.165) is 5.56 Å². The minimum Gasteiger partial charge on any atom is -0.489 e. The molecule has 4 aromatic rings. The van der Waals surface area contributed by atoms with Crippen molar-refractivity contribution in [1.29, 1.82) is 5.26 Å². The van der Waals surface area contributed by atoms with E-state index in [1.807, 2.05) is 6.07 Å². The molecule has 1 unspecified atom stereocenters. The SMILES string of the molecule is N#CC1=C(N)Oc2cc(OC(=O)COc3ccccc3[N+](=O)[O-])ccc2C1c1cccc(OCc2ccc(Cl)cc2Cl)c1. The molecule has 1 aliphatic heterocycles. The molecule has 0 aromatic heterocycles. The van der Waals surface area contributed by atoms with E-state index in [4.69, 9.17) is 47.9 Å². The zero-order valence-corrected chi connectivity index (χ0v) is 23.7. The molecule has 0 amide bonds. The van der Waals surface area contributed by atoms with Gasteiger partial charge in [0.2, 0.25) is 5.88 Å². The van der Waals surface area contributed by atoms with E-state index in [1.54, 1.807) is 48.5 Å². The van der Waals surface area contributed by atoms with E-state index >= 15 is 0 Å². The molecule has 0 spiro atoms. The summed E-state index contributed by atoms with van der Waals surface area (Å²) in [4.78, 5) is 23.0. The number of hydrogen-bond donors (Lipinski definition) is 1. The smallest absolute Gasteiger partial charge is 0.349 e. The Morgan fingerprint density at radius 3 is 2.58 bits per heavy atom. The number of rotatable bonds is 9. The van der Waals surface area contributed by atoms with Crippen LogP contribution in [-0.4, -0.2) is 17.5 Å². The predicted octanol–water partition coefficient (Wildman–Crippen LogP) is 6.68. The van der Waals surface area contributed by atoms with Crippen LogP contribution in [0.5, 0.6) is 23.0 Å². The standard InChI is InChI=1S/C31H21Cl2N3O7/c32-20-9-8-19(25(33)13-20)16-40-21-5-3-4-18(12-21)30-23-11-10-22(14-28(23)43-31(35)24(30)15-34)42-29(37)17-41-27-7-2-1-6-26(27)36(38)39/h1-14,30H,16-17,35H2. The highest BCUT2D eigenvalue weighted by molar-refractivity contribution is 6.35. The summed E-state index contributed by atoms with van der Waals surface area (Å²) in [5, 5.41) is 22.1. The molecule has 216 valence electrons. The molecule has 1 aliphatic rings. The first-order chi connectivity index (χ1) is 20.7. The number of nitrogens with two attached hydrogens (primary N) is 1. The Kier molecular flexibility index (Phi) is 8.66. The number of esters is 1. The normalized spacial score (nSPS) is 13.7. The third kappa shape index (κ3) is 6.64. The Morgan fingerprint density at radius 2 is 1.81 bits per heavy atom. The molecule has 0 radical (unpaired) electrons. The quantitative estimate of drug-likeness (QED) is 0.0939. The summed E-state index contributed by atoms with van der Waals surface area (Å²) >= 11 is 12.3. The number of nitrogens with zero attached hydrogens (tertiary/aromatic N) is 2. The molecular formula is C31H21Cl2N3O7. The molecule has 43 heavy (non-hydrogen) atoms. The minimum atomic E-state index is -0.794. The number of nitro groups is 1. The second kappa shape index (κ2) is 12.7. The van der Waals surface area contributed by atoms with Gasteiger partial charge >= 0.3 is 11.7 Å². The van der Waals surface area contributed by atoms with Crippen LogP contribution in [0.15, 0.2) is 96.4 Å². The maximum Gasteiger partial charge on any atom is 0.349 e. The van der Waals surface area contributed by atoms with Gasteiger partial charge in [-0.3, -0.25) is 10.1 Å². The summed E-state index contributed by atoms with van der Waals surface area (Å²) in [5.41, 5.74) is 8.14. The Balaban J connectivity index is 1.34. The van der Waals surface area contributed by atoms with Gasteiger partial charge in [0.15, 0.2) is 12.4 Å². The van der Waals surface area contributed by atoms with Gasteiger partial charge in [-0.2, -0.15) is 5.26 Å². The van der Waals surface area contributed by atoms with E-state index in [9.17, 15) is 20.2 Å². The number of halogens is 2. The first-order valence-corrected chi connectivity index (χ1v) is 13.4. The molecule has 0 fully saturated rings. The van der Waals surface area contributed by atoms with Crippen LogP contribution in [0.3, 0.4) is 0 Å². The third-order valence-corrected chi connectivity index (χ3v) is 7.02. The largest absolute Gasteiger partial charge is 0.489 e. The van der Waals surface area contributed by atoms with Gasteiger partial charge < -0.3 is 24.7 Å². The summed E-state index contributed by atoms with van der Waals surface area (Å²) < 4.78 is 22.4. The molecule has 0 saturated heterocycles. The van der Waals surface area contributed by atoms with Crippen molar-refractivity contribution in [2.45, 2.75) is 12.5 Å². The highest BCUT2D eigenvalue weighted by atomic mass is 35.5. The Labute approximate surface area is 255 Å². The van der Waals surface area contributed by atoms with Crippen molar-refractivity contribution in [1.82, 2.24) is 0 Å². The number of para-hydroxylation sites is 2. The van der Waals surface area contributed by atoms with Crippen LogP contribution in [-0.2, 0) is 11.4 Å². The van der Waals surface area contributed by atoms with Crippen molar-refractivity contribution < 1.29 is 28.7 Å². The number of nitriles is 1. The maximum absolute atomic E-state index is 12.5. The lowest BCUT2D eigenvalue weighted by Crippen LogP contribution is -2.22. The van der Waals surface area contributed by atoms with Gasteiger partial charge in [0, 0.05) is 33.3 Å². The highest BCUT2D eigenvalue weighted by Gasteiger charge is 2.31.